The molecule has 0 unspecified atom stereocenters. The fourth-order valence-electron chi connectivity index (χ4n) is 5.95. The number of fused-ring (bicyclic) bond motifs is 2. The summed E-state index contributed by atoms with van der Waals surface area (Å²) in [7, 11) is 7.27. The van der Waals surface area contributed by atoms with Crippen molar-refractivity contribution in [2.75, 3.05) is 18.0 Å². The van der Waals surface area contributed by atoms with Crippen LogP contribution in [0, 0.1) is 11.3 Å². The lowest BCUT2D eigenvalue weighted by atomic mass is 9.95. The molecule has 0 radical (unpaired) electrons. The van der Waals surface area contributed by atoms with Gasteiger partial charge >= 0.3 is 5.69 Å². The molecule has 2 aromatic carbocycles. The summed E-state index contributed by atoms with van der Waals surface area (Å²) in [6, 6.07) is 10.1. The highest BCUT2D eigenvalue weighted by Crippen LogP contribution is 2.38. The van der Waals surface area contributed by atoms with Crippen molar-refractivity contribution in [2.45, 2.75) is 12.5 Å². The average molecular weight is 549 g/mol. The van der Waals surface area contributed by atoms with Gasteiger partial charge in [-0.25, -0.2) is 14.8 Å². The summed E-state index contributed by atoms with van der Waals surface area (Å²) in [5, 5.41) is 25.0. The van der Waals surface area contributed by atoms with Crippen molar-refractivity contribution < 1.29 is 5.11 Å². The molecule has 12 heteroatoms. The van der Waals surface area contributed by atoms with E-state index in [1.165, 1.54) is 0 Å². The van der Waals surface area contributed by atoms with E-state index < -0.39 is 5.60 Å². The van der Waals surface area contributed by atoms with Crippen LogP contribution in [0.3, 0.4) is 0 Å². The zero-order chi connectivity index (χ0) is 28.8. The Balaban J connectivity index is 1.56. The van der Waals surface area contributed by atoms with E-state index in [2.05, 4.69) is 21.1 Å². The Hall–Kier alpha value is -5.15. The van der Waals surface area contributed by atoms with Crippen LogP contribution >= 0.6 is 0 Å². The SMILES string of the molecule is Cn1cc(-c2cc3nc(-c4cncn4C)n(-c4cc(N5CC(C)(O)C5)c5c(c4)n(C)c(=O)n5C)c3cc2C#N)cn1. The van der Waals surface area contributed by atoms with Crippen molar-refractivity contribution in [2.24, 2.45) is 28.2 Å². The van der Waals surface area contributed by atoms with Gasteiger partial charge in [0.15, 0.2) is 5.82 Å². The van der Waals surface area contributed by atoms with Gasteiger partial charge in [0.25, 0.3) is 0 Å². The van der Waals surface area contributed by atoms with E-state index in [0.29, 0.717) is 30.0 Å². The van der Waals surface area contributed by atoms with Gasteiger partial charge in [0.05, 0.1) is 69.4 Å². The van der Waals surface area contributed by atoms with Crippen molar-refractivity contribution in [3.8, 4) is 34.4 Å². The number of β-amino-alcohol motifs (C(OH)–C–C–N with tert-alkyl or cyclic N) is 1. The van der Waals surface area contributed by atoms with Gasteiger partial charge in [0.2, 0.25) is 0 Å². The topological polar surface area (TPSA) is 128 Å². The molecule has 0 aliphatic carbocycles. The van der Waals surface area contributed by atoms with Gasteiger partial charge in [-0.3, -0.25) is 18.4 Å². The number of nitrogens with zero attached hydrogens (tertiary/aromatic N) is 10. The quantitative estimate of drug-likeness (QED) is 0.358. The lowest BCUT2D eigenvalue weighted by Gasteiger charge is -2.46. The Morgan fingerprint density at radius 1 is 1.02 bits per heavy atom. The Labute approximate surface area is 234 Å². The third-order valence-electron chi connectivity index (χ3n) is 7.96. The smallest absolute Gasteiger partial charge is 0.328 e. The standard InChI is InChI=1S/C29H28N10O2/c1-29(41)14-38(15-29)24-8-19(7-23-26(24)37(5)28(40)36(23)4)39-22-6-17(10-30)20(18-11-32-35(3)13-18)9-21(22)33-27(39)25-12-31-16-34(25)2/h6-9,11-13,16,41H,14-15H2,1-5H3. The number of imidazole rings is 3. The molecule has 1 saturated heterocycles. The van der Waals surface area contributed by atoms with E-state index in [1.54, 1.807) is 46.6 Å². The summed E-state index contributed by atoms with van der Waals surface area (Å²) < 4.78 is 8.88. The van der Waals surface area contributed by atoms with Gasteiger partial charge in [-0.2, -0.15) is 10.4 Å². The van der Waals surface area contributed by atoms with E-state index in [4.69, 9.17) is 4.98 Å². The fraction of sp³-hybridized carbons (Fsp3) is 0.276. The van der Waals surface area contributed by atoms with E-state index in [0.717, 1.165) is 44.7 Å². The summed E-state index contributed by atoms with van der Waals surface area (Å²) in [4.78, 5) is 24.5. The second-order valence-electron chi connectivity index (χ2n) is 11.1. The number of rotatable bonds is 4. The second-order valence-corrected chi connectivity index (χ2v) is 11.1. The number of hydrogen-bond acceptors (Lipinski definition) is 7. The van der Waals surface area contributed by atoms with Crippen molar-refractivity contribution in [1.29, 1.82) is 5.26 Å². The van der Waals surface area contributed by atoms with E-state index in [-0.39, 0.29) is 5.69 Å². The molecule has 0 bridgehead atoms. The minimum Gasteiger partial charge on any atom is -0.386 e. The summed E-state index contributed by atoms with van der Waals surface area (Å²) in [5.41, 5.74) is 6.53. The maximum atomic E-state index is 13.0. The molecule has 0 amide bonds. The van der Waals surface area contributed by atoms with Gasteiger partial charge in [0.1, 0.15) is 5.69 Å². The van der Waals surface area contributed by atoms with Crippen LogP contribution in [-0.2, 0) is 28.2 Å². The predicted octanol–water partition coefficient (Wildman–Crippen LogP) is 2.46. The number of aryl methyl sites for hydroxylation is 4. The Morgan fingerprint density at radius 2 is 1.80 bits per heavy atom. The monoisotopic (exact) mass is 548 g/mol. The first-order chi connectivity index (χ1) is 19.6. The number of benzene rings is 2. The molecule has 1 aliphatic heterocycles. The van der Waals surface area contributed by atoms with Crippen LogP contribution in [0.15, 0.2) is 54.0 Å². The van der Waals surface area contributed by atoms with Crippen LogP contribution in [-0.4, -0.2) is 61.8 Å². The zero-order valence-electron chi connectivity index (χ0n) is 23.4. The predicted molar refractivity (Wildman–Crippen MR) is 155 cm³/mol. The van der Waals surface area contributed by atoms with Crippen molar-refractivity contribution >= 4 is 27.8 Å². The maximum Gasteiger partial charge on any atom is 0.328 e. The Kier molecular flexibility index (Phi) is 5.11. The highest BCUT2D eigenvalue weighted by Gasteiger charge is 2.38. The van der Waals surface area contributed by atoms with Gasteiger partial charge in [-0.15, -0.1) is 0 Å². The molecule has 41 heavy (non-hydrogen) atoms. The van der Waals surface area contributed by atoms with Crippen molar-refractivity contribution in [1.82, 2.24) is 38.0 Å². The van der Waals surface area contributed by atoms with Crippen LogP contribution in [0.4, 0.5) is 5.69 Å². The molecule has 1 fully saturated rings. The summed E-state index contributed by atoms with van der Waals surface area (Å²) >= 11 is 0. The van der Waals surface area contributed by atoms with E-state index >= 15 is 0 Å². The number of hydrogen-bond donors (Lipinski definition) is 1. The zero-order valence-corrected chi connectivity index (χ0v) is 23.4. The molecule has 206 valence electrons. The Morgan fingerprint density at radius 3 is 2.44 bits per heavy atom. The first-order valence-corrected chi connectivity index (χ1v) is 13.2. The fourth-order valence-corrected chi connectivity index (χ4v) is 5.95. The molecule has 1 N–H and O–H groups in total. The molecule has 6 aromatic rings. The highest BCUT2D eigenvalue weighted by atomic mass is 16.3. The molecular formula is C29H28N10O2. The Bertz CT molecular complexity index is 2120. The lowest BCUT2D eigenvalue weighted by molar-refractivity contribution is 0.0312. The summed E-state index contributed by atoms with van der Waals surface area (Å²) in [6.45, 7) is 2.70. The van der Waals surface area contributed by atoms with E-state index in [9.17, 15) is 15.2 Å². The minimum absolute atomic E-state index is 0.138. The lowest BCUT2D eigenvalue weighted by Crippen LogP contribution is -2.60. The third-order valence-corrected chi connectivity index (χ3v) is 7.96. The minimum atomic E-state index is -0.804. The molecule has 4 aromatic heterocycles. The normalized spacial score (nSPS) is 14.6. The average Bonchev–Trinajstić information content (AvgIpc) is 3.69. The molecule has 7 rings (SSSR count). The molecule has 1 aliphatic rings. The van der Waals surface area contributed by atoms with Gasteiger partial charge in [-0.05, 0) is 31.2 Å². The van der Waals surface area contributed by atoms with Crippen LogP contribution in [0.5, 0.6) is 0 Å². The third kappa shape index (κ3) is 3.63. The van der Waals surface area contributed by atoms with Crippen molar-refractivity contribution in [3.63, 3.8) is 0 Å². The molecule has 0 spiro atoms. The van der Waals surface area contributed by atoms with Crippen LogP contribution in [0.2, 0.25) is 0 Å². The number of anilines is 1. The van der Waals surface area contributed by atoms with Gasteiger partial charge in [0, 0.05) is 58.6 Å². The highest BCUT2D eigenvalue weighted by molar-refractivity contribution is 5.95. The second kappa shape index (κ2) is 8.42. The first-order valence-electron chi connectivity index (χ1n) is 13.2. The van der Waals surface area contributed by atoms with Crippen LogP contribution in [0.1, 0.15) is 12.5 Å². The number of nitriles is 1. The summed E-state index contributed by atoms with van der Waals surface area (Å²) in [5.74, 6) is 0.647. The molecule has 0 atom stereocenters. The van der Waals surface area contributed by atoms with Crippen molar-refractivity contribution in [3.05, 3.63) is 65.2 Å². The maximum absolute atomic E-state index is 13.0. The number of aliphatic hydroxyl groups is 1. The van der Waals surface area contributed by atoms with Crippen LogP contribution in [0.25, 0.3) is 50.4 Å². The van der Waals surface area contributed by atoms with E-state index in [1.807, 2.05) is 60.6 Å². The largest absolute Gasteiger partial charge is 0.386 e. The molecule has 5 heterocycles. The van der Waals surface area contributed by atoms with Gasteiger partial charge < -0.3 is 14.6 Å². The summed E-state index contributed by atoms with van der Waals surface area (Å²) in [6.07, 6.45) is 7.09. The number of aromatic nitrogens is 8. The van der Waals surface area contributed by atoms with Gasteiger partial charge in [-0.1, -0.05) is 0 Å². The first kappa shape index (κ1) is 24.9. The molecule has 0 saturated carbocycles. The van der Waals surface area contributed by atoms with Crippen LogP contribution < -0.4 is 10.6 Å². The molecular weight excluding hydrogens is 520 g/mol. The molecule has 12 nitrogen and oxygen atoms in total.